The van der Waals surface area contributed by atoms with Gasteiger partial charge in [-0.3, -0.25) is 9.40 Å². The van der Waals surface area contributed by atoms with Crippen molar-refractivity contribution in [2.45, 2.75) is 25.3 Å². The van der Waals surface area contributed by atoms with Crippen molar-refractivity contribution in [1.29, 1.82) is 0 Å². The van der Waals surface area contributed by atoms with Crippen LogP contribution in [-0.2, 0) is 16.6 Å². The number of hydrogen-bond donors (Lipinski definition) is 1. The van der Waals surface area contributed by atoms with Crippen LogP contribution in [0, 0.1) is 13.8 Å². The van der Waals surface area contributed by atoms with Gasteiger partial charge in [0.25, 0.3) is 10.0 Å². The van der Waals surface area contributed by atoms with Gasteiger partial charge in [-0.1, -0.05) is 30.3 Å². The maximum atomic E-state index is 13.1. The Hall–Kier alpha value is -3.39. The van der Waals surface area contributed by atoms with Crippen molar-refractivity contribution in [3.63, 3.8) is 0 Å². The fourth-order valence-electron chi connectivity index (χ4n) is 3.36. The van der Waals surface area contributed by atoms with E-state index in [1.807, 2.05) is 60.8 Å². The molecule has 0 aliphatic heterocycles. The first-order valence-corrected chi connectivity index (χ1v) is 10.6. The lowest BCUT2D eigenvalue weighted by atomic mass is 10.2. The van der Waals surface area contributed by atoms with Crippen LogP contribution in [0.15, 0.2) is 78.0 Å². The summed E-state index contributed by atoms with van der Waals surface area (Å²) >= 11 is 0. The Labute approximate surface area is 169 Å². The van der Waals surface area contributed by atoms with E-state index in [2.05, 4.69) is 14.9 Å². The van der Waals surface area contributed by atoms with E-state index in [0.29, 0.717) is 23.6 Å². The third kappa shape index (κ3) is 3.93. The monoisotopic (exact) mass is 407 g/mol. The topological polar surface area (TPSA) is 81.8 Å². The normalized spacial score (nSPS) is 11.5. The molecule has 148 valence electrons. The van der Waals surface area contributed by atoms with Crippen LogP contribution in [-0.4, -0.2) is 28.0 Å². The molecule has 8 heteroatoms. The van der Waals surface area contributed by atoms with Gasteiger partial charge in [-0.15, -0.1) is 0 Å². The van der Waals surface area contributed by atoms with Crippen LogP contribution in [0.5, 0.6) is 0 Å². The molecule has 0 bridgehead atoms. The van der Waals surface area contributed by atoms with E-state index in [9.17, 15) is 8.42 Å². The van der Waals surface area contributed by atoms with Gasteiger partial charge in [-0.25, -0.2) is 13.1 Å². The van der Waals surface area contributed by atoms with Crippen LogP contribution in [0.4, 0.5) is 5.69 Å². The highest BCUT2D eigenvalue weighted by Crippen LogP contribution is 2.25. The van der Waals surface area contributed by atoms with E-state index in [1.165, 1.54) is 0 Å². The molecule has 4 rings (SSSR count). The second-order valence-electron chi connectivity index (χ2n) is 6.76. The Morgan fingerprint density at radius 3 is 2.52 bits per heavy atom. The number of rotatable bonds is 6. The van der Waals surface area contributed by atoms with Crippen molar-refractivity contribution in [1.82, 2.24) is 19.6 Å². The number of anilines is 1. The maximum absolute atomic E-state index is 13.1. The van der Waals surface area contributed by atoms with Crippen molar-refractivity contribution < 1.29 is 8.42 Å². The Kier molecular flexibility index (Phi) is 4.94. The molecule has 0 aliphatic rings. The summed E-state index contributed by atoms with van der Waals surface area (Å²) in [6.07, 6.45) is 3.57. The van der Waals surface area contributed by atoms with Gasteiger partial charge in [0.05, 0.1) is 23.6 Å². The average molecular weight is 407 g/mol. The van der Waals surface area contributed by atoms with Gasteiger partial charge in [0.1, 0.15) is 4.90 Å². The summed E-state index contributed by atoms with van der Waals surface area (Å²) in [6.45, 7) is 4.03. The number of aryl methyl sites for hydroxylation is 1. The molecule has 1 N–H and O–H groups in total. The van der Waals surface area contributed by atoms with E-state index >= 15 is 0 Å². The quantitative estimate of drug-likeness (QED) is 0.530. The second-order valence-corrected chi connectivity index (χ2v) is 8.38. The van der Waals surface area contributed by atoms with E-state index < -0.39 is 10.0 Å². The zero-order chi connectivity index (χ0) is 20.4. The molecule has 2 aromatic heterocycles. The van der Waals surface area contributed by atoms with Crippen LogP contribution in [0.3, 0.4) is 0 Å². The Morgan fingerprint density at radius 1 is 1.00 bits per heavy atom. The maximum Gasteiger partial charge on any atom is 0.265 e. The molecule has 0 aliphatic carbocycles. The van der Waals surface area contributed by atoms with Gasteiger partial charge in [-0.2, -0.15) is 10.2 Å². The Bertz CT molecular complexity index is 1230. The Morgan fingerprint density at radius 2 is 1.79 bits per heavy atom. The SMILES string of the molecule is Cc1nn(-c2ccccc2)c(C)c1S(=O)(=O)Nc1cccc(Cn2cccn2)c1. The number of nitrogens with zero attached hydrogens (tertiary/aromatic N) is 4. The highest BCUT2D eigenvalue weighted by Gasteiger charge is 2.25. The summed E-state index contributed by atoms with van der Waals surface area (Å²) in [5.74, 6) is 0. The summed E-state index contributed by atoms with van der Waals surface area (Å²) in [5, 5.41) is 8.63. The number of para-hydroxylation sites is 1. The van der Waals surface area contributed by atoms with Crippen LogP contribution < -0.4 is 4.72 Å². The number of nitrogens with one attached hydrogen (secondary N) is 1. The van der Waals surface area contributed by atoms with Crippen LogP contribution in [0.1, 0.15) is 17.0 Å². The molecule has 2 heterocycles. The first kappa shape index (κ1) is 18.9. The van der Waals surface area contributed by atoms with Crippen LogP contribution >= 0.6 is 0 Å². The summed E-state index contributed by atoms with van der Waals surface area (Å²) in [4.78, 5) is 0.193. The van der Waals surface area contributed by atoms with Crippen molar-refractivity contribution in [3.05, 3.63) is 90.0 Å². The molecule has 0 radical (unpaired) electrons. The molecule has 0 saturated heterocycles. The Balaban J connectivity index is 1.64. The molecule has 0 unspecified atom stereocenters. The highest BCUT2D eigenvalue weighted by molar-refractivity contribution is 7.92. The zero-order valence-electron chi connectivity index (χ0n) is 16.1. The smallest absolute Gasteiger partial charge is 0.265 e. The predicted octanol–water partition coefficient (Wildman–Crippen LogP) is 3.53. The number of hydrogen-bond acceptors (Lipinski definition) is 4. The van der Waals surface area contributed by atoms with Crippen LogP contribution in [0.25, 0.3) is 5.69 Å². The van der Waals surface area contributed by atoms with Gasteiger partial charge in [0, 0.05) is 18.1 Å². The molecule has 0 fully saturated rings. The zero-order valence-corrected chi connectivity index (χ0v) is 17.0. The fourth-order valence-corrected chi connectivity index (χ4v) is 4.80. The molecule has 0 saturated carbocycles. The van der Waals surface area contributed by atoms with Gasteiger partial charge >= 0.3 is 0 Å². The van der Waals surface area contributed by atoms with E-state index in [1.54, 1.807) is 35.5 Å². The highest BCUT2D eigenvalue weighted by atomic mass is 32.2. The summed E-state index contributed by atoms with van der Waals surface area (Å²) in [6, 6.07) is 18.6. The lowest BCUT2D eigenvalue weighted by Crippen LogP contribution is -2.15. The first-order valence-electron chi connectivity index (χ1n) is 9.15. The molecule has 0 amide bonds. The van der Waals surface area contributed by atoms with Crippen molar-refractivity contribution in [2.24, 2.45) is 0 Å². The van der Waals surface area contributed by atoms with Gasteiger partial charge in [0.2, 0.25) is 0 Å². The average Bonchev–Trinajstić information content (AvgIpc) is 3.30. The van der Waals surface area contributed by atoms with Crippen LogP contribution in [0.2, 0.25) is 0 Å². The third-order valence-electron chi connectivity index (χ3n) is 4.58. The van der Waals surface area contributed by atoms with Crippen molar-refractivity contribution in [2.75, 3.05) is 4.72 Å². The molecular formula is C21H21N5O2S. The summed E-state index contributed by atoms with van der Waals surface area (Å²) in [7, 11) is -3.80. The van der Waals surface area contributed by atoms with Gasteiger partial charge in [0.15, 0.2) is 0 Å². The number of aromatic nitrogens is 4. The van der Waals surface area contributed by atoms with Crippen molar-refractivity contribution >= 4 is 15.7 Å². The third-order valence-corrected chi connectivity index (χ3v) is 6.21. The van der Waals surface area contributed by atoms with E-state index in [4.69, 9.17) is 0 Å². The molecule has 4 aromatic rings. The largest absolute Gasteiger partial charge is 0.280 e. The molecule has 0 spiro atoms. The first-order chi connectivity index (χ1) is 13.9. The van der Waals surface area contributed by atoms with E-state index in [0.717, 1.165) is 11.3 Å². The number of sulfonamides is 1. The summed E-state index contributed by atoms with van der Waals surface area (Å²) < 4.78 is 32.4. The molecule has 7 nitrogen and oxygen atoms in total. The minimum Gasteiger partial charge on any atom is -0.280 e. The lowest BCUT2D eigenvalue weighted by molar-refractivity contribution is 0.600. The predicted molar refractivity (Wildman–Crippen MR) is 112 cm³/mol. The van der Waals surface area contributed by atoms with Crippen molar-refractivity contribution in [3.8, 4) is 5.69 Å². The fraction of sp³-hybridized carbons (Fsp3) is 0.143. The minimum atomic E-state index is -3.80. The molecular weight excluding hydrogens is 386 g/mol. The summed E-state index contributed by atoms with van der Waals surface area (Å²) in [5.41, 5.74) is 3.28. The van der Waals surface area contributed by atoms with E-state index in [-0.39, 0.29) is 4.90 Å². The molecule has 0 atom stereocenters. The molecule has 29 heavy (non-hydrogen) atoms. The molecule has 2 aromatic carbocycles. The standard InChI is InChI=1S/C21H21N5O2S/c1-16-21(17(2)26(23-16)20-10-4-3-5-11-20)29(27,28)24-19-9-6-8-18(14-19)15-25-13-7-12-22-25/h3-14,24H,15H2,1-2H3. The second kappa shape index (κ2) is 7.56. The van der Waals surface area contributed by atoms with Gasteiger partial charge in [-0.05, 0) is 49.7 Å². The minimum absolute atomic E-state index is 0.193. The number of benzene rings is 2. The lowest BCUT2D eigenvalue weighted by Gasteiger charge is -2.10. The van der Waals surface area contributed by atoms with Gasteiger partial charge < -0.3 is 0 Å².